The van der Waals surface area contributed by atoms with Crippen molar-refractivity contribution in [2.45, 2.75) is 37.8 Å². The van der Waals surface area contributed by atoms with Crippen molar-refractivity contribution in [3.05, 3.63) is 0 Å². The van der Waals surface area contributed by atoms with Crippen LogP contribution in [0.2, 0.25) is 0 Å². The molecule has 0 aromatic heterocycles. The maximum atomic E-state index is 11.3. The third kappa shape index (κ3) is 3.27. The molecule has 14 heavy (non-hydrogen) atoms. The van der Waals surface area contributed by atoms with Crippen LogP contribution in [-0.2, 0) is 4.79 Å². The van der Waals surface area contributed by atoms with Crippen LogP contribution in [-0.4, -0.2) is 48.7 Å². The zero-order valence-corrected chi connectivity index (χ0v) is 8.99. The quantitative estimate of drug-likeness (QED) is 0.672. The van der Waals surface area contributed by atoms with Crippen molar-refractivity contribution in [2.24, 2.45) is 0 Å². The minimum Gasteiger partial charge on any atom is -0.392 e. The van der Waals surface area contributed by atoms with Crippen molar-refractivity contribution in [3.8, 4) is 0 Å². The first-order valence-corrected chi connectivity index (χ1v) is 5.23. The molecule has 82 valence electrons. The average Bonchev–Trinajstić information content (AvgIpc) is 2.16. The number of likely N-dealkylation sites (N-methyl/N-ethyl adjacent to an activating group) is 1. The van der Waals surface area contributed by atoms with Gasteiger partial charge >= 0.3 is 0 Å². The summed E-state index contributed by atoms with van der Waals surface area (Å²) in [5.41, 5.74) is 0. The zero-order chi connectivity index (χ0) is 10.6. The molecule has 2 atom stereocenters. The van der Waals surface area contributed by atoms with Crippen molar-refractivity contribution in [3.63, 3.8) is 0 Å². The molecular formula is C10H20N2O2. The normalized spacial score (nSPS) is 27.4. The van der Waals surface area contributed by atoms with Gasteiger partial charge in [-0.1, -0.05) is 12.8 Å². The van der Waals surface area contributed by atoms with Crippen molar-refractivity contribution >= 4 is 5.91 Å². The molecule has 1 aliphatic carbocycles. The molecule has 0 bridgehead atoms. The standard InChI is InChI=1S/C10H20N2O2/c1-12(2)10(14)7-11-8-5-3-4-6-9(8)13/h8-9,11,13H,3-7H2,1-2H3. The number of hydrogen-bond acceptors (Lipinski definition) is 3. The van der Waals surface area contributed by atoms with Gasteiger partial charge in [0.25, 0.3) is 0 Å². The van der Waals surface area contributed by atoms with E-state index in [2.05, 4.69) is 5.32 Å². The predicted octanol–water partition coefficient (Wildman–Crippen LogP) is -0.0323. The summed E-state index contributed by atoms with van der Waals surface area (Å²) in [7, 11) is 3.47. The van der Waals surface area contributed by atoms with Gasteiger partial charge in [0.1, 0.15) is 0 Å². The first kappa shape index (κ1) is 11.5. The van der Waals surface area contributed by atoms with E-state index >= 15 is 0 Å². The van der Waals surface area contributed by atoms with Crippen LogP contribution in [0.1, 0.15) is 25.7 Å². The van der Waals surface area contributed by atoms with Gasteiger partial charge in [-0.2, -0.15) is 0 Å². The summed E-state index contributed by atoms with van der Waals surface area (Å²) in [6.07, 6.45) is 3.79. The van der Waals surface area contributed by atoms with E-state index in [0.29, 0.717) is 6.54 Å². The monoisotopic (exact) mass is 200 g/mol. The van der Waals surface area contributed by atoms with E-state index in [9.17, 15) is 9.90 Å². The fourth-order valence-electron chi connectivity index (χ4n) is 1.73. The number of rotatable bonds is 3. The molecule has 1 amide bonds. The number of hydrogen-bond donors (Lipinski definition) is 2. The molecule has 2 N–H and O–H groups in total. The third-order valence-corrected chi connectivity index (χ3v) is 2.74. The Labute approximate surface area is 85.3 Å². The van der Waals surface area contributed by atoms with E-state index in [0.717, 1.165) is 25.7 Å². The van der Waals surface area contributed by atoms with Crippen molar-refractivity contribution in [2.75, 3.05) is 20.6 Å². The summed E-state index contributed by atoms with van der Waals surface area (Å²) in [6, 6.07) is 0.104. The molecule has 2 unspecified atom stereocenters. The Balaban J connectivity index is 2.26. The first-order chi connectivity index (χ1) is 6.61. The lowest BCUT2D eigenvalue weighted by Gasteiger charge is -2.28. The van der Waals surface area contributed by atoms with Crippen LogP contribution in [0, 0.1) is 0 Å². The number of carbonyl (C=O) groups is 1. The second-order valence-corrected chi connectivity index (χ2v) is 4.13. The molecule has 0 aliphatic heterocycles. The van der Waals surface area contributed by atoms with Crippen LogP contribution >= 0.6 is 0 Å². The smallest absolute Gasteiger partial charge is 0.236 e. The van der Waals surface area contributed by atoms with Gasteiger partial charge in [-0.3, -0.25) is 4.79 Å². The predicted molar refractivity (Wildman–Crippen MR) is 55.0 cm³/mol. The summed E-state index contributed by atoms with van der Waals surface area (Å²) in [4.78, 5) is 12.8. The minimum absolute atomic E-state index is 0.0581. The van der Waals surface area contributed by atoms with Crippen molar-refractivity contribution < 1.29 is 9.90 Å². The van der Waals surface area contributed by atoms with E-state index in [1.807, 2.05) is 0 Å². The fourth-order valence-corrected chi connectivity index (χ4v) is 1.73. The summed E-state index contributed by atoms with van der Waals surface area (Å²) in [5.74, 6) is 0.0581. The van der Waals surface area contributed by atoms with Crippen LogP contribution < -0.4 is 5.32 Å². The minimum atomic E-state index is -0.279. The molecule has 1 fully saturated rings. The third-order valence-electron chi connectivity index (χ3n) is 2.74. The Bertz CT molecular complexity index is 195. The van der Waals surface area contributed by atoms with Crippen molar-refractivity contribution in [1.29, 1.82) is 0 Å². The van der Waals surface area contributed by atoms with E-state index in [1.54, 1.807) is 19.0 Å². The van der Waals surface area contributed by atoms with Gasteiger partial charge in [0.15, 0.2) is 0 Å². The number of aliphatic hydroxyl groups excluding tert-OH is 1. The SMILES string of the molecule is CN(C)C(=O)CNC1CCCCC1O. The highest BCUT2D eigenvalue weighted by Gasteiger charge is 2.22. The maximum Gasteiger partial charge on any atom is 0.236 e. The van der Waals surface area contributed by atoms with Gasteiger partial charge in [-0.05, 0) is 12.8 Å². The number of nitrogens with zero attached hydrogens (tertiary/aromatic N) is 1. The molecule has 0 saturated heterocycles. The Morgan fingerprint density at radius 3 is 2.64 bits per heavy atom. The highest BCUT2D eigenvalue weighted by atomic mass is 16.3. The summed E-state index contributed by atoms with van der Waals surface area (Å²) in [6.45, 7) is 0.328. The largest absolute Gasteiger partial charge is 0.392 e. The fraction of sp³-hybridized carbons (Fsp3) is 0.900. The second-order valence-electron chi connectivity index (χ2n) is 4.13. The molecule has 4 nitrogen and oxygen atoms in total. The molecule has 1 saturated carbocycles. The first-order valence-electron chi connectivity index (χ1n) is 5.23. The molecule has 4 heteroatoms. The van der Waals surface area contributed by atoms with E-state index in [4.69, 9.17) is 0 Å². The van der Waals surface area contributed by atoms with Crippen LogP contribution in [0.25, 0.3) is 0 Å². The Morgan fingerprint density at radius 1 is 1.43 bits per heavy atom. The van der Waals surface area contributed by atoms with E-state index in [1.165, 1.54) is 0 Å². The van der Waals surface area contributed by atoms with Gasteiger partial charge in [0.05, 0.1) is 12.6 Å². The van der Waals surface area contributed by atoms with E-state index in [-0.39, 0.29) is 18.1 Å². The molecule has 0 aromatic rings. The lowest BCUT2D eigenvalue weighted by atomic mass is 9.92. The molecule has 0 radical (unpaired) electrons. The molecule has 1 rings (SSSR count). The molecular weight excluding hydrogens is 180 g/mol. The van der Waals surface area contributed by atoms with Gasteiger partial charge in [-0.15, -0.1) is 0 Å². The topological polar surface area (TPSA) is 52.6 Å². The van der Waals surface area contributed by atoms with Gasteiger partial charge in [0, 0.05) is 20.1 Å². The molecule has 1 aliphatic rings. The van der Waals surface area contributed by atoms with Crippen LogP contribution in [0.15, 0.2) is 0 Å². The number of carbonyl (C=O) groups excluding carboxylic acids is 1. The van der Waals surface area contributed by atoms with Crippen molar-refractivity contribution in [1.82, 2.24) is 10.2 Å². The molecule has 0 heterocycles. The molecule has 0 aromatic carbocycles. The highest BCUT2D eigenvalue weighted by molar-refractivity contribution is 5.77. The highest BCUT2D eigenvalue weighted by Crippen LogP contribution is 2.17. The van der Waals surface area contributed by atoms with Crippen LogP contribution in [0.3, 0.4) is 0 Å². The number of aliphatic hydroxyl groups is 1. The summed E-state index contributed by atoms with van der Waals surface area (Å²) in [5, 5.41) is 12.7. The lowest BCUT2D eigenvalue weighted by Crippen LogP contribution is -2.46. The zero-order valence-electron chi connectivity index (χ0n) is 8.99. The second kappa shape index (κ2) is 5.32. The average molecular weight is 200 g/mol. The maximum absolute atomic E-state index is 11.3. The lowest BCUT2D eigenvalue weighted by molar-refractivity contribution is -0.128. The molecule has 0 spiro atoms. The van der Waals surface area contributed by atoms with Gasteiger partial charge in [-0.25, -0.2) is 0 Å². The van der Waals surface area contributed by atoms with E-state index < -0.39 is 0 Å². The summed E-state index contributed by atoms with van der Waals surface area (Å²) >= 11 is 0. The number of amides is 1. The number of nitrogens with one attached hydrogen (secondary N) is 1. The Hall–Kier alpha value is -0.610. The van der Waals surface area contributed by atoms with Crippen LogP contribution in [0.5, 0.6) is 0 Å². The summed E-state index contributed by atoms with van der Waals surface area (Å²) < 4.78 is 0. The van der Waals surface area contributed by atoms with Gasteiger partial charge < -0.3 is 15.3 Å². The Morgan fingerprint density at radius 2 is 2.07 bits per heavy atom. The van der Waals surface area contributed by atoms with Crippen LogP contribution in [0.4, 0.5) is 0 Å². The van der Waals surface area contributed by atoms with Gasteiger partial charge in [0.2, 0.25) is 5.91 Å². The Kier molecular flexibility index (Phi) is 4.35.